The molecule has 0 saturated heterocycles. The van der Waals surface area contributed by atoms with Gasteiger partial charge in [0, 0.05) is 18.6 Å². The molecule has 2 nitrogen and oxygen atoms in total. The first-order valence-corrected chi connectivity index (χ1v) is 14.1. The van der Waals surface area contributed by atoms with Crippen LogP contribution in [0.25, 0.3) is 0 Å². The molecule has 0 amide bonds. The third-order valence-corrected chi connectivity index (χ3v) is 7.45. The molecular weight excluding hydrogens is 348 g/mol. The van der Waals surface area contributed by atoms with Crippen LogP contribution in [0.3, 0.4) is 0 Å². The number of hydrogen-bond acceptors (Lipinski definition) is 2. The van der Waals surface area contributed by atoms with Crippen molar-refractivity contribution in [3.8, 4) is 0 Å². The number of benzene rings is 1. The van der Waals surface area contributed by atoms with E-state index in [9.17, 15) is 0 Å². The summed E-state index contributed by atoms with van der Waals surface area (Å²) in [6.45, 7) is 18.8. The second-order valence-corrected chi connectivity index (χ2v) is 14.1. The summed E-state index contributed by atoms with van der Waals surface area (Å²) < 4.78 is 12.8. The molecule has 3 heteroatoms. The van der Waals surface area contributed by atoms with Gasteiger partial charge in [-0.3, -0.25) is 0 Å². The van der Waals surface area contributed by atoms with E-state index in [0.29, 0.717) is 11.8 Å². The van der Waals surface area contributed by atoms with Gasteiger partial charge in [0.25, 0.3) is 0 Å². The Bertz CT molecular complexity index is 486. The standard InChI is InChI=1S/C24H44O2Si/c1-8-15-25-19-24(17-21(2)3,18-22(4)5)20-26-27(6,7)16-14-23-12-10-9-11-13-23/h9-13,21-22H,8,14-20H2,1-7H3. The van der Waals surface area contributed by atoms with E-state index < -0.39 is 8.32 Å². The van der Waals surface area contributed by atoms with Gasteiger partial charge in [0.1, 0.15) is 0 Å². The topological polar surface area (TPSA) is 18.5 Å². The maximum absolute atomic E-state index is 6.71. The SMILES string of the molecule is CCCOCC(CO[Si](C)(C)CCc1ccccc1)(CC(C)C)CC(C)C. The summed E-state index contributed by atoms with van der Waals surface area (Å²) in [5, 5.41) is 0. The van der Waals surface area contributed by atoms with Crippen molar-refractivity contribution in [1.29, 1.82) is 0 Å². The number of ether oxygens (including phenoxy) is 1. The molecule has 27 heavy (non-hydrogen) atoms. The van der Waals surface area contributed by atoms with Gasteiger partial charge in [-0.15, -0.1) is 0 Å². The summed E-state index contributed by atoms with van der Waals surface area (Å²) in [7, 11) is -1.70. The zero-order valence-corrected chi connectivity index (χ0v) is 20.0. The number of aryl methyl sites for hydroxylation is 1. The van der Waals surface area contributed by atoms with Gasteiger partial charge in [0.2, 0.25) is 0 Å². The molecule has 0 fully saturated rings. The summed E-state index contributed by atoms with van der Waals surface area (Å²) >= 11 is 0. The zero-order valence-electron chi connectivity index (χ0n) is 19.0. The Morgan fingerprint density at radius 3 is 2.04 bits per heavy atom. The van der Waals surface area contributed by atoms with Crippen molar-refractivity contribution in [2.75, 3.05) is 19.8 Å². The highest BCUT2D eigenvalue weighted by atomic mass is 28.4. The molecule has 0 aliphatic heterocycles. The van der Waals surface area contributed by atoms with E-state index in [4.69, 9.17) is 9.16 Å². The predicted octanol–water partition coefficient (Wildman–Crippen LogP) is 6.96. The fourth-order valence-corrected chi connectivity index (χ4v) is 5.77. The molecule has 0 bridgehead atoms. The lowest BCUT2D eigenvalue weighted by Gasteiger charge is -2.39. The minimum atomic E-state index is -1.70. The van der Waals surface area contributed by atoms with E-state index >= 15 is 0 Å². The summed E-state index contributed by atoms with van der Waals surface area (Å²) in [6.07, 6.45) is 4.56. The highest BCUT2D eigenvalue weighted by Crippen LogP contribution is 2.36. The van der Waals surface area contributed by atoms with Gasteiger partial charge in [0.05, 0.1) is 6.61 Å². The summed E-state index contributed by atoms with van der Waals surface area (Å²) in [6, 6.07) is 12.0. The molecule has 0 aliphatic rings. The van der Waals surface area contributed by atoms with Crippen molar-refractivity contribution in [2.24, 2.45) is 17.3 Å². The van der Waals surface area contributed by atoms with Crippen LogP contribution in [0.4, 0.5) is 0 Å². The van der Waals surface area contributed by atoms with Crippen LogP contribution in [0.1, 0.15) is 59.4 Å². The van der Waals surface area contributed by atoms with E-state index in [1.807, 2.05) is 0 Å². The molecule has 0 N–H and O–H groups in total. The van der Waals surface area contributed by atoms with Crippen molar-refractivity contribution in [3.05, 3.63) is 35.9 Å². The Balaban J connectivity index is 2.75. The summed E-state index contributed by atoms with van der Waals surface area (Å²) in [4.78, 5) is 0. The van der Waals surface area contributed by atoms with E-state index in [2.05, 4.69) is 78.0 Å². The molecule has 1 aromatic rings. The molecule has 0 aliphatic carbocycles. The van der Waals surface area contributed by atoms with Gasteiger partial charge in [-0.05, 0) is 62.2 Å². The Hall–Kier alpha value is -0.643. The summed E-state index contributed by atoms with van der Waals surface area (Å²) in [5.74, 6) is 1.32. The molecule has 0 saturated carbocycles. The van der Waals surface area contributed by atoms with Crippen LogP contribution < -0.4 is 0 Å². The van der Waals surface area contributed by atoms with E-state index in [1.165, 1.54) is 24.4 Å². The number of hydrogen-bond donors (Lipinski definition) is 0. The lowest BCUT2D eigenvalue weighted by atomic mass is 9.75. The van der Waals surface area contributed by atoms with Crippen molar-refractivity contribution >= 4 is 8.32 Å². The van der Waals surface area contributed by atoms with Crippen LogP contribution in [0.5, 0.6) is 0 Å². The van der Waals surface area contributed by atoms with Gasteiger partial charge in [-0.1, -0.05) is 65.0 Å². The first-order valence-electron chi connectivity index (χ1n) is 10.9. The van der Waals surface area contributed by atoms with Gasteiger partial charge in [-0.2, -0.15) is 0 Å². The van der Waals surface area contributed by atoms with E-state index in [0.717, 1.165) is 32.7 Å². The Morgan fingerprint density at radius 2 is 1.52 bits per heavy atom. The van der Waals surface area contributed by atoms with Crippen LogP contribution in [0, 0.1) is 17.3 Å². The molecule has 0 aromatic heterocycles. The average Bonchev–Trinajstić information content (AvgIpc) is 2.59. The van der Waals surface area contributed by atoms with Gasteiger partial charge >= 0.3 is 0 Å². The van der Waals surface area contributed by atoms with Crippen LogP contribution in [0.15, 0.2) is 30.3 Å². The third-order valence-electron chi connectivity index (χ3n) is 5.07. The lowest BCUT2D eigenvalue weighted by molar-refractivity contribution is -0.0141. The minimum absolute atomic E-state index is 0.147. The van der Waals surface area contributed by atoms with Crippen LogP contribution in [-0.2, 0) is 15.6 Å². The molecule has 0 radical (unpaired) electrons. The second-order valence-electron chi connectivity index (χ2n) is 9.78. The maximum Gasteiger partial charge on any atom is 0.187 e. The van der Waals surface area contributed by atoms with Crippen LogP contribution >= 0.6 is 0 Å². The molecule has 0 spiro atoms. The number of rotatable bonds is 14. The highest BCUT2D eigenvalue weighted by molar-refractivity contribution is 6.71. The van der Waals surface area contributed by atoms with Crippen molar-refractivity contribution < 1.29 is 9.16 Å². The fraction of sp³-hybridized carbons (Fsp3) is 0.750. The van der Waals surface area contributed by atoms with Crippen molar-refractivity contribution in [1.82, 2.24) is 0 Å². The van der Waals surface area contributed by atoms with E-state index in [1.54, 1.807) is 0 Å². The molecule has 0 unspecified atom stereocenters. The van der Waals surface area contributed by atoms with Crippen molar-refractivity contribution in [2.45, 2.75) is 79.4 Å². The molecule has 0 heterocycles. The smallest absolute Gasteiger partial charge is 0.187 e. The zero-order chi connectivity index (χ0) is 20.3. The quantitative estimate of drug-likeness (QED) is 0.252. The molecular formula is C24H44O2Si. The first-order chi connectivity index (χ1) is 12.7. The van der Waals surface area contributed by atoms with Crippen LogP contribution in [0.2, 0.25) is 19.1 Å². The highest BCUT2D eigenvalue weighted by Gasteiger charge is 2.35. The lowest BCUT2D eigenvalue weighted by Crippen LogP contribution is -2.41. The molecule has 156 valence electrons. The minimum Gasteiger partial charge on any atom is -0.417 e. The second kappa shape index (κ2) is 12.0. The normalized spacial score (nSPS) is 12.9. The molecule has 1 aromatic carbocycles. The largest absolute Gasteiger partial charge is 0.417 e. The van der Waals surface area contributed by atoms with Crippen LogP contribution in [-0.4, -0.2) is 28.1 Å². The first kappa shape index (κ1) is 24.4. The predicted molar refractivity (Wildman–Crippen MR) is 121 cm³/mol. The third kappa shape index (κ3) is 10.5. The van der Waals surface area contributed by atoms with Crippen molar-refractivity contribution in [3.63, 3.8) is 0 Å². The Kier molecular flexibility index (Phi) is 10.9. The Morgan fingerprint density at radius 1 is 0.926 bits per heavy atom. The van der Waals surface area contributed by atoms with Gasteiger partial charge in [-0.25, -0.2) is 0 Å². The monoisotopic (exact) mass is 392 g/mol. The van der Waals surface area contributed by atoms with Gasteiger partial charge < -0.3 is 9.16 Å². The fourth-order valence-electron chi connectivity index (χ4n) is 4.04. The maximum atomic E-state index is 6.71. The van der Waals surface area contributed by atoms with Gasteiger partial charge in [0.15, 0.2) is 8.32 Å². The average molecular weight is 393 g/mol. The molecule has 1 rings (SSSR count). The molecule has 0 atom stereocenters. The Labute approximate surface area is 170 Å². The van der Waals surface area contributed by atoms with E-state index in [-0.39, 0.29) is 5.41 Å². The summed E-state index contributed by atoms with van der Waals surface area (Å²) in [5.41, 5.74) is 1.57.